The van der Waals surface area contributed by atoms with E-state index in [0.717, 1.165) is 16.9 Å². The number of hydrogen-bond donors (Lipinski definition) is 2. The highest BCUT2D eigenvalue weighted by Crippen LogP contribution is 2.47. The summed E-state index contributed by atoms with van der Waals surface area (Å²) in [5.74, 6) is 1.59. The quantitative estimate of drug-likeness (QED) is 0.622. The number of pyridine rings is 1. The van der Waals surface area contributed by atoms with E-state index >= 15 is 0 Å². The van der Waals surface area contributed by atoms with E-state index in [4.69, 9.17) is 38.4 Å². The summed E-state index contributed by atoms with van der Waals surface area (Å²) < 4.78 is 11.8. The minimum atomic E-state index is -1.16. The second kappa shape index (κ2) is 8.49. The number of nitrogens with zero attached hydrogens (tertiary/aromatic N) is 2. The molecule has 0 radical (unpaired) electrons. The molecule has 1 aliphatic heterocycles. The molecule has 1 aromatic carbocycles. The largest absolute Gasteiger partial charge is 0.490 e. The van der Waals surface area contributed by atoms with Gasteiger partial charge in [-0.25, -0.2) is 9.78 Å². The molecular formula is C21H25Cl2N3O4. The van der Waals surface area contributed by atoms with E-state index < -0.39 is 11.6 Å². The van der Waals surface area contributed by atoms with E-state index in [9.17, 15) is 9.90 Å². The van der Waals surface area contributed by atoms with Crippen LogP contribution in [0, 0.1) is 5.92 Å². The fourth-order valence-corrected chi connectivity index (χ4v) is 4.20. The summed E-state index contributed by atoms with van der Waals surface area (Å²) in [6.45, 7) is 6.71. The number of fused-ring (bicyclic) bond motifs is 3. The van der Waals surface area contributed by atoms with Gasteiger partial charge in [0.15, 0.2) is 5.82 Å². The summed E-state index contributed by atoms with van der Waals surface area (Å²) in [7, 11) is 1.38. The van der Waals surface area contributed by atoms with Crippen LogP contribution in [-0.2, 0) is 6.61 Å². The molecule has 1 aliphatic rings. The molecule has 30 heavy (non-hydrogen) atoms. The molecule has 7 nitrogen and oxygen atoms in total. The first-order chi connectivity index (χ1) is 14.0. The third-order valence-electron chi connectivity index (χ3n) is 4.80. The number of aromatic nitrogens is 1. The number of halogens is 2. The summed E-state index contributed by atoms with van der Waals surface area (Å²) in [6.07, 6.45) is 1.20. The second-order valence-electron chi connectivity index (χ2n) is 8.25. The molecule has 0 spiro atoms. The van der Waals surface area contributed by atoms with Crippen LogP contribution in [0.2, 0.25) is 10.0 Å². The normalized spacial score (nSPS) is 14.4. The maximum Gasteiger partial charge on any atom is 0.412 e. The lowest BCUT2D eigenvalue weighted by molar-refractivity contribution is 0.203. The van der Waals surface area contributed by atoms with Crippen molar-refractivity contribution in [3.63, 3.8) is 0 Å². The van der Waals surface area contributed by atoms with Gasteiger partial charge >= 0.3 is 6.09 Å². The van der Waals surface area contributed by atoms with E-state index in [1.807, 2.05) is 6.92 Å². The van der Waals surface area contributed by atoms with Gasteiger partial charge in [-0.05, 0) is 25.3 Å². The second-order valence-corrected chi connectivity index (χ2v) is 9.03. The van der Waals surface area contributed by atoms with Crippen LogP contribution in [-0.4, -0.2) is 35.4 Å². The molecule has 9 heteroatoms. The van der Waals surface area contributed by atoms with Crippen molar-refractivity contribution >= 4 is 35.1 Å². The lowest BCUT2D eigenvalue weighted by Gasteiger charge is -2.28. The van der Waals surface area contributed by atoms with Crippen molar-refractivity contribution < 1.29 is 19.4 Å². The molecule has 2 heterocycles. The van der Waals surface area contributed by atoms with Gasteiger partial charge in [-0.1, -0.05) is 37.0 Å². The molecule has 1 atom stereocenters. The van der Waals surface area contributed by atoms with Gasteiger partial charge in [0, 0.05) is 41.5 Å². The Labute approximate surface area is 185 Å². The third-order valence-corrected chi connectivity index (χ3v) is 5.46. The minimum absolute atomic E-state index is 0.139. The molecule has 3 rings (SSSR count). The fraction of sp³-hybridized carbons (Fsp3) is 0.429. The number of ether oxygens (including phenoxy) is 2. The van der Waals surface area contributed by atoms with Crippen LogP contribution in [0.3, 0.4) is 0 Å². The molecule has 0 bridgehead atoms. The number of anilines is 1. The average molecular weight is 454 g/mol. The highest BCUT2D eigenvalue weighted by Gasteiger charge is 2.28. The maximum absolute atomic E-state index is 11.3. The van der Waals surface area contributed by atoms with E-state index in [1.54, 1.807) is 18.3 Å². The summed E-state index contributed by atoms with van der Waals surface area (Å²) in [5.41, 5.74) is 7.88. The molecule has 0 unspecified atom stereocenters. The van der Waals surface area contributed by atoms with Crippen LogP contribution in [0.5, 0.6) is 11.5 Å². The van der Waals surface area contributed by atoms with Crippen molar-refractivity contribution in [2.24, 2.45) is 11.7 Å². The van der Waals surface area contributed by atoms with E-state index in [1.165, 1.54) is 7.05 Å². The minimum Gasteiger partial charge on any atom is -0.490 e. The molecule has 0 fully saturated rings. The van der Waals surface area contributed by atoms with Gasteiger partial charge in [-0.3, -0.25) is 4.90 Å². The van der Waals surface area contributed by atoms with Crippen molar-refractivity contribution in [3.05, 3.63) is 33.9 Å². The number of carbonyl (C=O) groups is 1. The molecule has 1 aromatic heterocycles. The monoisotopic (exact) mass is 453 g/mol. The molecule has 0 saturated heterocycles. The van der Waals surface area contributed by atoms with Gasteiger partial charge in [0.1, 0.15) is 24.7 Å². The van der Waals surface area contributed by atoms with Crippen molar-refractivity contribution in [1.82, 2.24) is 4.98 Å². The lowest BCUT2D eigenvalue weighted by atomic mass is 9.93. The van der Waals surface area contributed by atoms with Gasteiger partial charge < -0.3 is 20.3 Å². The highest BCUT2D eigenvalue weighted by atomic mass is 35.5. The smallest absolute Gasteiger partial charge is 0.412 e. The van der Waals surface area contributed by atoms with Crippen LogP contribution >= 0.6 is 23.2 Å². The summed E-state index contributed by atoms with van der Waals surface area (Å²) >= 11 is 13.0. The van der Waals surface area contributed by atoms with E-state index in [0.29, 0.717) is 40.2 Å². The standard InChI is InChI=1S/C21H25Cl2N3O4/c1-11(2)7-21(3,24)10-30-16-6-15-13(5-14(16)22)17-12(9-29-15)8-25-19(18(17)23)26(4)20(27)28/h5-6,8,11H,7,9-10,24H2,1-4H3,(H,27,28)/t21-/m0/s1. The predicted molar refractivity (Wildman–Crippen MR) is 118 cm³/mol. The van der Waals surface area contributed by atoms with Crippen LogP contribution in [0.15, 0.2) is 18.3 Å². The van der Waals surface area contributed by atoms with E-state index in [-0.39, 0.29) is 17.4 Å². The van der Waals surface area contributed by atoms with Crippen LogP contribution < -0.4 is 20.1 Å². The zero-order chi connectivity index (χ0) is 22.2. The topological polar surface area (TPSA) is 97.9 Å². The third kappa shape index (κ3) is 4.58. The maximum atomic E-state index is 11.3. The van der Waals surface area contributed by atoms with Crippen molar-refractivity contribution in [1.29, 1.82) is 0 Å². The Kier molecular flexibility index (Phi) is 6.36. The number of carboxylic acid groups (broad SMARTS) is 1. The Morgan fingerprint density at radius 1 is 1.43 bits per heavy atom. The average Bonchev–Trinajstić information content (AvgIpc) is 2.64. The molecular weight excluding hydrogens is 429 g/mol. The van der Waals surface area contributed by atoms with E-state index in [2.05, 4.69) is 18.8 Å². The van der Waals surface area contributed by atoms with Crippen molar-refractivity contribution in [3.8, 4) is 22.6 Å². The number of hydrogen-bond acceptors (Lipinski definition) is 5. The molecule has 162 valence electrons. The first-order valence-electron chi connectivity index (χ1n) is 9.52. The van der Waals surface area contributed by atoms with Crippen LogP contribution in [0.4, 0.5) is 10.6 Å². The molecule has 2 aromatic rings. The number of rotatable bonds is 6. The molecule has 0 saturated carbocycles. The fourth-order valence-electron chi connectivity index (χ4n) is 3.59. The summed E-state index contributed by atoms with van der Waals surface area (Å²) in [5, 5.41) is 9.88. The Morgan fingerprint density at radius 2 is 2.13 bits per heavy atom. The Morgan fingerprint density at radius 3 is 2.77 bits per heavy atom. The van der Waals surface area contributed by atoms with Crippen LogP contribution in [0.1, 0.15) is 32.8 Å². The number of amides is 1. The SMILES string of the molecule is CC(C)C[C@](C)(N)COc1cc2c(cc1Cl)-c1c(cnc(N(C)C(=O)O)c1Cl)CO2. The van der Waals surface area contributed by atoms with Gasteiger partial charge in [0.25, 0.3) is 0 Å². The van der Waals surface area contributed by atoms with Crippen molar-refractivity contribution in [2.75, 3.05) is 18.6 Å². The highest BCUT2D eigenvalue weighted by molar-refractivity contribution is 6.37. The van der Waals surface area contributed by atoms with Gasteiger partial charge in [-0.15, -0.1) is 0 Å². The lowest BCUT2D eigenvalue weighted by Crippen LogP contribution is -2.43. The molecule has 0 aliphatic carbocycles. The molecule has 1 amide bonds. The number of nitrogens with two attached hydrogens (primary N) is 1. The zero-order valence-electron chi connectivity index (χ0n) is 17.3. The van der Waals surface area contributed by atoms with Crippen molar-refractivity contribution in [2.45, 2.75) is 39.3 Å². The molecule has 3 N–H and O–H groups in total. The van der Waals surface area contributed by atoms with Gasteiger partial charge in [0.2, 0.25) is 0 Å². The van der Waals surface area contributed by atoms with Gasteiger partial charge in [-0.2, -0.15) is 0 Å². The summed E-state index contributed by atoms with van der Waals surface area (Å²) in [4.78, 5) is 16.5. The zero-order valence-corrected chi connectivity index (χ0v) is 18.8. The first-order valence-corrected chi connectivity index (χ1v) is 10.3. The number of benzene rings is 1. The Balaban J connectivity index is 1.96. The summed E-state index contributed by atoms with van der Waals surface area (Å²) in [6, 6.07) is 3.42. The Hall–Kier alpha value is -2.22. The van der Waals surface area contributed by atoms with Crippen LogP contribution in [0.25, 0.3) is 11.1 Å². The Bertz CT molecular complexity index is 979. The first kappa shape index (κ1) is 22.5. The van der Waals surface area contributed by atoms with Gasteiger partial charge in [0.05, 0.1) is 10.0 Å². The predicted octanol–water partition coefficient (Wildman–Crippen LogP) is 5.20.